The van der Waals surface area contributed by atoms with Crippen LogP contribution in [0.1, 0.15) is 67.2 Å². The van der Waals surface area contributed by atoms with Gasteiger partial charge in [-0.15, -0.1) is 0 Å². The Morgan fingerprint density at radius 2 is 1.43 bits per heavy atom. The zero-order valence-corrected chi connectivity index (χ0v) is 19.2. The van der Waals surface area contributed by atoms with Crippen molar-refractivity contribution < 1.29 is 29.0 Å². The highest BCUT2D eigenvalue weighted by molar-refractivity contribution is 5.79. The fraction of sp³-hybridized carbons (Fsp3) is 0.850. The Morgan fingerprint density at radius 3 is 1.93 bits per heavy atom. The van der Waals surface area contributed by atoms with E-state index in [2.05, 4.69) is 16.0 Å². The molecule has 0 aliphatic rings. The summed E-state index contributed by atoms with van der Waals surface area (Å²) in [7, 11) is 0. The number of ether oxygens (including phenoxy) is 2. The Morgan fingerprint density at radius 1 is 0.900 bits per heavy atom. The van der Waals surface area contributed by atoms with Crippen LogP contribution in [-0.2, 0) is 14.3 Å². The Balaban J connectivity index is 4.16. The molecule has 0 bridgehead atoms. The average Bonchev–Trinajstić information content (AvgIpc) is 2.55. The van der Waals surface area contributed by atoms with Gasteiger partial charge >= 0.3 is 12.2 Å². The molecule has 0 aliphatic heterocycles. The Hall–Kier alpha value is -2.07. The molecule has 176 valence electrons. The molecular formula is C20H40N4O6. The second-order valence-corrected chi connectivity index (χ2v) is 9.15. The van der Waals surface area contributed by atoms with Crippen LogP contribution in [0.25, 0.3) is 0 Å². The third-order valence-corrected chi connectivity index (χ3v) is 3.74. The van der Waals surface area contributed by atoms with Crippen LogP contribution in [0.5, 0.6) is 0 Å². The van der Waals surface area contributed by atoms with Gasteiger partial charge in [-0.05, 0) is 73.8 Å². The number of rotatable bonds is 12. The number of nitrogens with one attached hydrogen (secondary N) is 3. The minimum Gasteiger partial charge on any atom is -0.444 e. The zero-order chi connectivity index (χ0) is 23.4. The van der Waals surface area contributed by atoms with Gasteiger partial charge in [-0.1, -0.05) is 0 Å². The van der Waals surface area contributed by atoms with Crippen LogP contribution < -0.4 is 21.7 Å². The summed E-state index contributed by atoms with van der Waals surface area (Å²) >= 11 is 0. The van der Waals surface area contributed by atoms with Gasteiger partial charge in [0.15, 0.2) is 0 Å². The maximum absolute atomic E-state index is 11.8. The summed E-state index contributed by atoms with van der Waals surface area (Å²) in [4.78, 5) is 35.0. The van der Waals surface area contributed by atoms with Crippen LogP contribution in [0.2, 0.25) is 0 Å². The molecule has 0 saturated carbocycles. The molecule has 0 saturated heterocycles. The second kappa shape index (κ2) is 13.3. The maximum atomic E-state index is 11.8. The van der Waals surface area contributed by atoms with Gasteiger partial charge in [0.1, 0.15) is 11.2 Å². The fourth-order valence-corrected chi connectivity index (χ4v) is 2.46. The van der Waals surface area contributed by atoms with Gasteiger partial charge in [0.05, 0.1) is 18.7 Å². The van der Waals surface area contributed by atoms with E-state index < -0.39 is 41.4 Å². The molecule has 0 rings (SSSR count). The molecule has 0 aromatic rings. The van der Waals surface area contributed by atoms with Crippen LogP contribution in [-0.4, -0.2) is 66.2 Å². The number of carbonyl (C=O) groups is 3. The number of primary amides is 1. The number of aliphatic hydroxyl groups excluding tert-OH is 1. The Labute approximate surface area is 179 Å². The molecule has 0 heterocycles. The first kappa shape index (κ1) is 27.9. The van der Waals surface area contributed by atoms with Crippen LogP contribution in [0.3, 0.4) is 0 Å². The maximum Gasteiger partial charge on any atom is 0.407 e. The van der Waals surface area contributed by atoms with Crippen molar-refractivity contribution in [1.29, 1.82) is 0 Å². The van der Waals surface area contributed by atoms with Crippen molar-refractivity contribution in [3.63, 3.8) is 0 Å². The second-order valence-electron chi connectivity index (χ2n) is 9.15. The van der Waals surface area contributed by atoms with Gasteiger partial charge in [0, 0.05) is 6.54 Å². The summed E-state index contributed by atoms with van der Waals surface area (Å²) in [6.07, 6.45) is 1.06. The highest BCUT2D eigenvalue weighted by Crippen LogP contribution is 2.08. The summed E-state index contributed by atoms with van der Waals surface area (Å²) in [5.41, 5.74) is 4.25. The van der Waals surface area contributed by atoms with Gasteiger partial charge in [0.25, 0.3) is 0 Å². The molecule has 0 aromatic carbocycles. The lowest BCUT2D eigenvalue weighted by Gasteiger charge is -2.23. The third-order valence-electron chi connectivity index (χ3n) is 3.74. The van der Waals surface area contributed by atoms with Crippen LogP contribution in [0, 0.1) is 0 Å². The van der Waals surface area contributed by atoms with Gasteiger partial charge < -0.3 is 36.3 Å². The van der Waals surface area contributed by atoms with E-state index >= 15 is 0 Å². The molecule has 10 heteroatoms. The minimum absolute atomic E-state index is 0.213. The van der Waals surface area contributed by atoms with E-state index in [1.807, 2.05) is 0 Å². The predicted molar refractivity (Wildman–Crippen MR) is 114 cm³/mol. The lowest BCUT2D eigenvalue weighted by molar-refractivity contribution is -0.120. The van der Waals surface area contributed by atoms with E-state index in [1.165, 1.54) is 0 Å². The molecule has 6 N–H and O–H groups in total. The monoisotopic (exact) mass is 432 g/mol. The van der Waals surface area contributed by atoms with Crippen molar-refractivity contribution in [2.24, 2.45) is 5.73 Å². The number of amides is 3. The summed E-state index contributed by atoms with van der Waals surface area (Å²) < 4.78 is 10.3. The lowest BCUT2D eigenvalue weighted by atomic mass is 10.1. The van der Waals surface area contributed by atoms with E-state index in [0.717, 1.165) is 0 Å². The zero-order valence-electron chi connectivity index (χ0n) is 19.2. The van der Waals surface area contributed by atoms with Crippen molar-refractivity contribution >= 4 is 18.1 Å². The first-order valence-corrected chi connectivity index (χ1v) is 10.3. The number of aliphatic hydroxyl groups is 1. The molecular weight excluding hydrogens is 392 g/mol. The van der Waals surface area contributed by atoms with E-state index in [1.54, 1.807) is 41.5 Å². The molecule has 0 aliphatic carbocycles. The molecule has 0 aromatic heterocycles. The van der Waals surface area contributed by atoms with Crippen molar-refractivity contribution in [2.45, 2.75) is 90.5 Å². The Bertz CT molecular complexity index is 542. The normalized spacial score (nSPS) is 13.8. The summed E-state index contributed by atoms with van der Waals surface area (Å²) in [5, 5.41) is 17.7. The highest BCUT2D eigenvalue weighted by atomic mass is 16.6. The molecule has 30 heavy (non-hydrogen) atoms. The molecule has 2 atom stereocenters. The van der Waals surface area contributed by atoms with E-state index in [-0.39, 0.29) is 6.61 Å². The highest BCUT2D eigenvalue weighted by Gasteiger charge is 2.20. The SMILES string of the molecule is CC(C)(C)OC(=O)NCCC[C@H](NCCC[C@@H](CO)NC(=O)OC(C)(C)C)C(N)=O. The molecule has 10 nitrogen and oxygen atoms in total. The largest absolute Gasteiger partial charge is 0.444 e. The lowest BCUT2D eigenvalue weighted by Crippen LogP contribution is -2.43. The smallest absolute Gasteiger partial charge is 0.407 e. The van der Waals surface area contributed by atoms with Gasteiger partial charge in [-0.25, -0.2) is 9.59 Å². The van der Waals surface area contributed by atoms with E-state index in [0.29, 0.717) is 38.8 Å². The number of hydrogen-bond acceptors (Lipinski definition) is 7. The van der Waals surface area contributed by atoms with Crippen molar-refractivity contribution in [3.05, 3.63) is 0 Å². The van der Waals surface area contributed by atoms with Crippen LogP contribution >= 0.6 is 0 Å². The minimum atomic E-state index is -0.612. The van der Waals surface area contributed by atoms with Gasteiger partial charge in [-0.3, -0.25) is 4.79 Å². The van der Waals surface area contributed by atoms with Crippen LogP contribution in [0.4, 0.5) is 9.59 Å². The van der Waals surface area contributed by atoms with Crippen molar-refractivity contribution in [2.75, 3.05) is 19.7 Å². The molecule has 0 fully saturated rings. The molecule has 0 spiro atoms. The summed E-state index contributed by atoms with van der Waals surface area (Å²) in [5.74, 6) is -0.474. The number of alkyl carbamates (subject to hydrolysis) is 2. The quantitative estimate of drug-likeness (QED) is 0.292. The van der Waals surface area contributed by atoms with Crippen LogP contribution in [0.15, 0.2) is 0 Å². The van der Waals surface area contributed by atoms with Gasteiger partial charge in [-0.2, -0.15) is 0 Å². The van der Waals surface area contributed by atoms with Gasteiger partial charge in [0.2, 0.25) is 5.91 Å². The standard InChI is InChI=1S/C20H40N4O6/c1-19(2,3)29-17(27)23-12-8-10-15(16(21)26)22-11-7-9-14(13-25)24-18(28)30-20(4,5)6/h14-15,22,25H,7-13H2,1-6H3,(H2,21,26)(H,23,27)(H,24,28)/t14-,15-/m0/s1. The van der Waals surface area contributed by atoms with E-state index in [4.69, 9.17) is 15.2 Å². The molecule has 0 unspecified atom stereocenters. The Kier molecular flexibility index (Phi) is 12.4. The number of hydrogen-bond donors (Lipinski definition) is 5. The molecule has 0 radical (unpaired) electrons. The number of carbonyl (C=O) groups excluding carboxylic acids is 3. The molecule has 3 amide bonds. The van der Waals surface area contributed by atoms with Crippen molar-refractivity contribution in [3.8, 4) is 0 Å². The summed E-state index contributed by atoms with van der Waals surface area (Å²) in [6.45, 7) is 11.3. The van der Waals surface area contributed by atoms with Crippen molar-refractivity contribution in [1.82, 2.24) is 16.0 Å². The van der Waals surface area contributed by atoms with E-state index in [9.17, 15) is 19.5 Å². The average molecular weight is 433 g/mol. The first-order valence-electron chi connectivity index (χ1n) is 10.3. The fourth-order valence-electron chi connectivity index (χ4n) is 2.46. The first-order chi connectivity index (χ1) is 13.7. The number of nitrogens with two attached hydrogens (primary N) is 1. The predicted octanol–water partition coefficient (Wildman–Crippen LogP) is 1.40. The third kappa shape index (κ3) is 15.8. The summed E-state index contributed by atoms with van der Waals surface area (Å²) in [6, 6.07) is -0.969. The topological polar surface area (TPSA) is 152 Å².